The zero-order valence-corrected chi connectivity index (χ0v) is 22.8. The number of piperidine rings is 1. The number of pyridine rings is 1. The van der Waals surface area contributed by atoms with E-state index in [1.165, 1.54) is 18.9 Å². The van der Waals surface area contributed by atoms with Crippen molar-refractivity contribution >= 4 is 10.9 Å². The molecule has 1 aromatic carbocycles. The molecule has 7 nitrogen and oxygen atoms in total. The van der Waals surface area contributed by atoms with E-state index in [1.54, 1.807) is 12.4 Å². The lowest BCUT2D eigenvalue weighted by molar-refractivity contribution is -0.136. The highest BCUT2D eigenvalue weighted by Crippen LogP contribution is 2.70. The molecule has 3 aromatic heterocycles. The highest BCUT2D eigenvalue weighted by Gasteiger charge is 2.63. The molecule has 1 spiro atoms. The number of nitrogens with one attached hydrogen (secondary N) is 1. The van der Waals surface area contributed by atoms with E-state index in [2.05, 4.69) is 27.0 Å². The molecule has 2 aliphatic carbocycles. The van der Waals surface area contributed by atoms with Crippen LogP contribution in [-0.2, 0) is 25.2 Å². The fraction of sp³-hybridized carbons (Fsp3) is 0.500. The molecule has 3 fully saturated rings. The normalized spacial score (nSPS) is 22.1. The summed E-state index contributed by atoms with van der Waals surface area (Å²) in [6.45, 7) is 4.48. The van der Waals surface area contributed by atoms with Gasteiger partial charge in [0.25, 0.3) is 5.56 Å². The van der Waals surface area contributed by atoms with Gasteiger partial charge in [-0.1, -0.05) is 19.1 Å². The van der Waals surface area contributed by atoms with Crippen molar-refractivity contribution in [1.82, 2.24) is 29.2 Å². The van der Waals surface area contributed by atoms with Crippen LogP contribution in [0.2, 0.25) is 0 Å². The van der Waals surface area contributed by atoms with Crippen LogP contribution in [0.15, 0.2) is 47.7 Å². The minimum Gasteiger partial charge on any atom is -0.353 e. The van der Waals surface area contributed by atoms with Gasteiger partial charge in [0.05, 0.1) is 11.0 Å². The van der Waals surface area contributed by atoms with E-state index in [1.807, 2.05) is 29.8 Å². The standard InChI is InChI=1S/C30H33F3N6O/c1-19-5-4-10-38(13-19)14-21-12-23-24(30(31,32)33)15-39(26(40)25(23)35-21)22-7-3-6-20(11-22)29(16-28(17-29)8-9-28)27-36-34-18-37(27)2/h3,6-7,11-12,15,18-19,35H,4-5,8-10,13-14,16-17H2,1-2H3/t19-/m0/s1. The Hall–Kier alpha value is -3.40. The molecule has 2 saturated carbocycles. The van der Waals surface area contributed by atoms with Crippen LogP contribution in [0.25, 0.3) is 16.6 Å². The van der Waals surface area contributed by atoms with Gasteiger partial charge in [-0.2, -0.15) is 13.2 Å². The maximum absolute atomic E-state index is 14.4. The number of rotatable bonds is 5. The Morgan fingerprint density at radius 2 is 1.98 bits per heavy atom. The number of H-pyrrole nitrogens is 1. The van der Waals surface area contributed by atoms with E-state index in [0.29, 0.717) is 29.3 Å². The highest BCUT2D eigenvalue weighted by molar-refractivity contribution is 5.84. The van der Waals surface area contributed by atoms with Crippen LogP contribution >= 0.6 is 0 Å². The zero-order chi connectivity index (χ0) is 27.9. The molecule has 1 N–H and O–H groups in total. The molecule has 3 aliphatic rings. The maximum atomic E-state index is 14.4. The van der Waals surface area contributed by atoms with Crippen LogP contribution in [0.5, 0.6) is 0 Å². The van der Waals surface area contributed by atoms with Crippen molar-refractivity contribution in [2.75, 3.05) is 13.1 Å². The fourth-order valence-electron chi connectivity index (χ4n) is 7.36. The van der Waals surface area contributed by atoms with E-state index in [4.69, 9.17) is 0 Å². The largest absolute Gasteiger partial charge is 0.418 e. The smallest absolute Gasteiger partial charge is 0.353 e. The first-order valence-corrected chi connectivity index (χ1v) is 14.1. The Bertz CT molecular complexity index is 1650. The number of fused-ring (bicyclic) bond motifs is 1. The topological polar surface area (TPSA) is 71.7 Å². The molecular formula is C30H33F3N6O. The molecule has 1 aliphatic heterocycles. The molecular weight excluding hydrogens is 517 g/mol. The number of hydrogen-bond acceptors (Lipinski definition) is 4. The van der Waals surface area contributed by atoms with E-state index in [9.17, 15) is 18.0 Å². The number of halogens is 3. The first-order chi connectivity index (χ1) is 19.1. The fourth-order valence-corrected chi connectivity index (χ4v) is 7.36. The van der Waals surface area contributed by atoms with Crippen LogP contribution in [-0.4, -0.2) is 42.3 Å². The van der Waals surface area contributed by atoms with Crippen molar-refractivity contribution in [3.05, 3.63) is 75.9 Å². The predicted molar refractivity (Wildman–Crippen MR) is 145 cm³/mol. The third-order valence-corrected chi connectivity index (χ3v) is 9.42. The number of nitrogens with zero attached hydrogens (tertiary/aromatic N) is 5. The quantitative estimate of drug-likeness (QED) is 0.353. The van der Waals surface area contributed by atoms with E-state index in [-0.39, 0.29) is 16.3 Å². The van der Waals surface area contributed by atoms with E-state index >= 15 is 0 Å². The Morgan fingerprint density at radius 3 is 2.65 bits per heavy atom. The minimum absolute atomic E-state index is 0.0103. The van der Waals surface area contributed by atoms with Crippen molar-refractivity contribution < 1.29 is 13.2 Å². The molecule has 4 aromatic rings. The summed E-state index contributed by atoms with van der Waals surface area (Å²) in [7, 11) is 1.92. The Kier molecular flexibility index (Phi) is 5.62. The van der Waals surface area contributed by atoms with Gasteiger partial charge in [-0.15, -0.1) is 10.2 Å². The average Bonchev–Trinajstić information content (AvgIpc) is 3.37. The first-order valence-electron chi connectivity index (χ1n) is 14.1. The Labute approximate surface area is 230 Å². The van der Waals surface area contributed by atoms with Crippen LogP contribution in [0.3, 0.4) is 0 Å². The summed E-state index contributed by atoms with van der Waals surface area (Å²) in [6, 6.07) is 8.88. The summed E-state index contributed by atoms with van der Waals surface area (Å²) in [5, 5.41) is 8.46. The van der Waals surface area contributed by atoms with Crippen molar-refractivity contribution in [2.24, 2.45) is 18.4 Å². The van der Waals surface area contributed by atoms with Crippen LogP contribution < -0.4 is 5.56 Å². The molecule has 1 saturated heterocycles. The monoisotopic (exact) mass is 550 g/mol. The molecule has 40 heavy (non-hydrogen) atoms. The molecule has 7 rings (SSSR count). The van der Waals surface area contributed by atoms with Gasteiger partial charge in [0, 0.05) is 43.1 Å². The lowest BCUT2D eigenvalue weighted by Gasteiger charge is -2.48. The SMILES string of the molecule is C[C@H]1CCCN(Cc2cc3c(C(F)(F)F)cn(-c4cccc(C5(c6nncn6C)CC6(CC6)C5)c4)c(=O)c3[nH]2)C1. The number of aromatic amines is 1. The van der Waals surface area contributed by atoms with Gasteiger partial charge in [-0.05, 0) is 80.2 Å². The van der Waals surface area contributed by atoms with Gasteiger partial charge >= 0.3 is 6.18 Å². The lowest BCUT2D eigenvalue weighted by atomic mass is 9.56. The Balaban J connectivity index is 1.32. The lowest BCUT2D eigenvalue weighted by Crippen LogP contribution is -2.45. The average molecular weight is 551 g/mol. The number of alkyl halides is 3. The number of aromatic nitrogens is 5. The summed E-state index contributed by atoms with van der Waals surface area (Å²) in [5.41, 5.74) is 0.633. The van der Waals surface area contributed by atoms with Crippen molar-refractivity contribution in [1.29, 1.82) is 0 Å². The molecule has 0 unspecified atom stereocenters. The van der Waals surface area contributed by atoms with Crippen LogP contribution in [0, 0.1) is 11.3 Å². The molecule has 4 heterocycles. The first kappa shape index (κ1) is 25.6. The second-order valence-corrected chi connectivity index (χ2v) is 12.5. The van der Waals surface area contributed by atoms with Gasteiger partial charge in [-0.3, -0.25) is 14.3 Å². The predicted octanol–water partition coefficient (Wildman–Crippen LogP) is 5.56. The van der Waals surface area contributed by atoms with E-state index in [0.717, 1.165) is 60.9 Å². The number of aryl methyl sites for hydroxylation is 1. The molecule has 10 heteroatoms. The maximum Gasteiger partial charge on any atom is 0.418 e. The van der Waals surface area contributed by atoms with E-state index < -0.39 is 17.3 Å². The third-order valence-electron chi connectivity index (χ3n) is 9.42. The van der Waals surface area contributed by atoms with Gasteiger partial charge in [-0.25, -0.2) is 0 Å². The second kappa shape index (κ2) is 8.80. The zero-order valence-electron chi connectivity index (χ0n) is 22.8. The van der Waals surface area contributed by atoms with Crippen molar-refractivity contribution in [2.45, 2.75) is 63.6 Å². The molecule has 1 atom stereocenters. The number of likely N-dealkylation sites (tertiary alicyclic amines) is 1. The van der Waals surface area contributed by atoms with Gasteiger partial charge in [0.2, 0.25) is 0 Å². The molecule has 0 radical (unpaired) electrons. The number of benzene rings is 1. The summed E-state index contributed by atoms with van der Waals surface area (Å²) in [6.07, 6.45) is 4.46. The summed E-state index contributed by atoms with van der Waals surface area (Å²) < 4.78 is 46.2. The number of hydrogen-bond donors (Lipinski definition) is 1. The van der Waals surface area contributed by atoms with Gasteiger partial charge in [0.1, 0.15) is 17.7 Å². The molecule has 0 amide bonds. The molecule has 0 bridgehead atoms. The van der Waals surface area contributed by atoms with Crippen molar-refractivity contribution in [3.8, 4) is 5.69 Å². The van der Waals surface area contributed by atoms with Crippen LogP contribution in [0.1, 0.15) is 68.1 Å². The summed E-state index contributed by atoms with van der Waals surface area (Å²) >= 11 is 0. The third kappa shape index (κ3) is 4.10. The van der Waals surface area contributed by atoms with Crippen LogP contribution in [0.4, 0.5) is 13.2 Å². The summed E-state index contributed by atoms with van der Waals surface area (Å²) in [4.78, 5) is 19.0. The van der Waals surface area contributed by atoms with Crippen molar-refractivity contribution in [3.63, 3.8) is 0 Å². The van der Waals surface area contributed by atoms with Gasteiger partial charge in [0.15, 0.2) is 0 Å². The second-order valence-electron chi connectivity index (χ2n) is 12.5. The Morgan fingerprint density at radius 1 is 1.18 bits per heavy atom. The molecule has 210 valence electrons. The summed E-state index contributed by atoms with van der Waals surface area (Å²) in [5.74, 6) is 1.39. The highest BCUT2D eigenvalue weighted by atomic mass is 19.4. The van der Waals surface area contributed by atoms with Gasteiger partial charge < -0.3 is 9.55 Å². The minimum atomic E-state index is -4.61.